The van der Waals surface area contributed by atoms with Crippen LogP contribution < -0.4 is 10.4 Å². The first kappa shape index (κ1) is 29.8. The molecule has 0 aliphatic carbocycles. The van der Waals surface area contributed by atoms with Crippen molar-refractivity contribution in [2.45, 2.75) is 76.6 Å². The first-order valence-corrected chi connectivity index (χ1v) is 15.8. The summed E-state index contributed by atoms with van der Waals surface area (Å²) < 4.78 is 17.8. The Hall–Kier alpha value is -3.17. The topological polar surface area (TPSA) is 85.4 Å². The van der Waals surface area contributed by atoms with Gasteiger partial charge < -0.3 is 18.8 Å². The predicted molar refractivity (Wildman–Crippen MR) is 156 cm³/mol. The summed E-state index contributed by atoms with van der Waals surface area (Å²) in [7, 11) is -1.64. The summed E-state index contributed by atoms with van der Waals surface area (Å²) in [6.45, 7) is 12.5. The molecule has 2 aromatic carbocycles. The van der Waals surface area contributed by atoms with Crippen LogP contribution in [0.5, 0.6) is 0 Å². The molecule has 2 saturated heterocycles. The molecule has 0 saturated carbocycles. The van der Waals surface area contributed by atoms with E-state index in [1.807, 2.05) is 36.4 Å². The fourth-order valence-electron chi connectivity index (χ4n) is 6.08. The molecule has 2 fully saturated rings. The van der Waals surface area contributed by atoms with Crippen LogP contribution >= 0.6 is 0 Å². The summed E-state index contributed by atoms with van der Waals surface area (Å²) in [5, 5.41) is 1.86. The van der Waals surface area contributed by atoms with Gasteiger partial charge in [0.25, 0.3) is 14.2 Å². The fourth-order valence-corrected chi connectivity index (χ4v) is 10.6. The van der Waals surface area contributed by atoms with Crippen molar-refractivity contribution in [1.29, 1.82) is 0 Å². The van der Waals surface area contributed by atoms with E-state index in [2.05, 4.69) is 45.0 Å². The van der Waals surface area contributed by atoms with E-state index in [9.17, 15) is 14.4 Å². The summed E-state index contributed by atoms with van der Waals surface area (Å²) >= 11 is 0. The molecule has 2 amide bonds. The lowest BCUT2D eigenvalue weighted by Crippen LogP contribution is -2.76. The van der Waals surface area contributed by atoms with E-state index in [1.54, 1.807) is 20.8 Å². The second kappa shape index (κ2) is 11.0. The Bertz CT molecular complexity index is 1180. The number of carbonyl (C=O) groups excluding carboxylic acids is 3. The highest BCUT2D eigenvalue weighted by atomic mass is 28.4. The van der Waals surface area contributed by atoms with Crippen LogP contribution in [0.1, 0.15) is 54.4 Å². The van der Waals surface area contributed by atoms with Gasteiger partial charge in [0.1, 0.15) is 11.1 Å². The Morgan fingerprint density at radius 2 is 1.50 bits per heavy atom. The van der Waals surface area contributed by atoms with E-state index in [1.165, 1.54) is 16.9 Å². The van der Waals surface area contributed by atoms with Crippen molar-refractivity contribution in [1.82, 2.24) is 9.80 Å². The van der Waals surface area contributed by atoms with Crippen molar-refractivity contribution >= 4 is 36.7 Å². The molecule has 2 heterocycles. The normalized spacial score (nSPS) is 20.3. The third kappa shape index (κ3) is 5.29. The van der Waals surface area contributed by atoms with E-state index >= 15 is 0 Å². The van der Waals surface area contributed by atoms with Gasteiger partial charge in [0.15, 0.2) is 6.04 Å². The SMILES string of the molecule is COC(=O)[C@H](CO[Si](c1ccccc1)(c1ccccc1)C(C)(C)C)N1CC2(CCCN2C(=O)OC(C)(C)C)C1=O. The van der Waals surface area contributed by atoms with Crippen LogP contribution in [-0.2, 0) is 23.5 Å². The van der Waals surface area contributed by atoms with Gasteiger partial charge in [-0.05, 0) is 49.0 Å². The molecule has 1 spiro atoms. The predicted octanol–water partition coefficient (Wildman–Crippen LogP) is 3.72. The molecule has 40 heavy (non-hydrogen) atoms. The quantitative estimate of drug-likeness (QED) is 0.289. The van der Waals surface area contributed by atoms with Gasteiger partial charge in [-0.3, -0.25) is 9.69 Å². The Morgan fingerprint density at radius 3 is 1.95 bits per heavy atom. The lowest BCUT2D eigenvalue weighted by atomic mass is 9.84. The van der Waals surface area contributed by atoms with Gasteiger partial charge in [0, 0.05) is 6.54 Å². The van der Waals surface area contributed by atoms with Gasteiger partial charge in [0.05, 0.1) is 20.3 Å². The lowest BCUT2D eigenvalue weighted by Gasteiger charge is -2.53. The molecule has 9 heteroatoms. The lowest BCUT2D eigenvalue weighted by molar-refractivity contribution is -0.174. The first-order chi connectivity index (χ1) is 18.8. The number of rotatable bonds is 7. The number of hydrogen-bond donors (Lipinski definition) is 0. The zero-order valence-corrected chi connectivity index (χ0v) is 25.7. The number of methoxy groups -OCH3 is 1. The number of amides is 2. The Balaban J connectivity index is 1.65. The third-order valence-electron chi connectivity index (χ3n) is 7.92. The maximum Gasteiger partial charge on any atom is 0.411 e. The van der Waals surface area contributed by atoms with Gasteiger partial charge in [-0.25, -0.2) is 9.59 Å². The highest BCUT2D eigenvalue weighted by Gasteiger charge is 2.63. The number of nitrogens with zero attached hydrogens (tertiary/aromatic N) is 2. The number of hydrogen-bond acceptors (Lipinski definition) is 6. The second-order valence-electron chi connectivity index (χ2n) is 12.7. The van der Waals surface area contributed by atoms with Crippen molar-refractivity contribution in [3.63, 3.8) is 0 Å². The third-order valence-corrected chi connectivity index (χ3v) is 12.9. The largest absolute Gasteiger partial charge is 0.467 e. The average Bonchev–Trinajstić information content (AvgIpc) is 3.36. The highest BCUT2D eigenvalue weighted by molar-refractivity contribution is 6.99. The number of ether oxygens (including phenoxy) is 2. The van der Waals surface area contributed by atoms with Crippen LogP contribution in [0, 0.1) is 0 Å². The van der Waals surface area contributed by atoms with E-state index in [0.29, 0.717) is 19.4 Å². The molecule has 216 valence electrons. The first-order valence-electron chi connectivity index (χ1n) is 13.9. The molecule has 0 radical (unpaired) electrons. The molecular weight excluding hydrogens is 524 g/mol. The van der Waals surface area contributed by atoms with Crippen molar-refractivity contribution in [3.8, 4) is 0 Å². The minimum Gasteiger partial charge on any atom is -0.467 e. The molecule has 4 rings (SSSR count). The summed E-state index contributed by atoms with van der Waals surface area (Å²) in [4.78, 5) is 43.0. The molecule has 0 bridgehead atoms. The second-order valence-corrected chi connectivity index (χ2v) is 17.0. The van der Waals surface area contributed by atoms with E-state index in [4.69, 9.17) is 13.9 Å². The molecule has 0 N–H and O–H groups in total. The average molecular weight is 567 g/mol. The summed E-state index contributed by atoms with van der Waals surface area (Å²) in [6, 6.07) is 19.3. The van der Waals surface area contributed by atoms with Crippen molar-refractivity contribution in [2.24, 2.45) is 0 Å². The van der Waals surface area contributed by atoms with E-state index in [0.717, 1.165) is 10.4 Å². The fraction of sp³-hybridized carbons (Fsp3) is 0.516. The van der Waals surface area contributed by atoms with Gasteiger partial charge in [-0.2, -0.15) is 0 Å². The molecular formula is C31H42N2O6Si. The van der Waals surface area contributed by atoms with Crippen LogP contribution in [0.3, 0.4) is 0 Å². The minimum atomic E-state index is -2.96. The van der Waals surface area contributed by atoms with Crippen molar-refractivity contribution in [2.75, 3.05) is 26.8 Å². The van der Waals surface area contributed by atoms with Gasteiger partial charge in [-0.15, -0.1) is 0 Å². The number of β-lactam (4-membered cyclic amide) rings is 1. The Labute approximate surface area is 238 Å². The van der Waals surface area contributed by atoms with Crippen LogP contribution in [-0.4, -0.2) is 80.1 Å². The molecule has 8 nitrogen and oxygen atoms in total. The highest BCUT2D eigenvalue weighted by Crippen LogP contribution is 2.42. The Kier molecular flexibility index (Phi) is 8.20. The molecule has 2 aliphatic rings. The zero-order valence-electron chi connectivity index (χ0n) is 24.7. The zero-order chi connectivity index (χ0) is 29.3. The maximum absolute atomic E-state index is 13.8. The number of benzene rings is 2. The molecule has 2 aliphatic heterocycles. The van der Waals surface area contributed by atoms with Gasteiger partial charge in [0.2, 0.25) is 0 Å². The number of esters is 1. The number of likely N-dealkylation sites (tertiary alicyclic amines) is 2. The van der Waals surface area contributed by atoms with E-state index < -0.39 is 37.6 Å². The Morgan fingerprint density at radius 1 is 0.950 bits per heavy atom. The van der Waals surface area contributed by atoms with Crippen molar-refractivity contribution in [3.05, 3.63) is 60.7 Å². The standard InChI is InChI=1S/C31H42N2O6Si/c1-29(2,3)39-28(36)33-20-14-19-31(33)22-32(27(31)35)25(26(34)37-7)21-38-40(30(4,5)6,23-15-10-8-11-16-23)24-17-12-9-13-18-24/h8-13,15-18,25H,14,19-22H2,1-7H3/t25-,31?/m0/s1. The maximum atomic E-state index is 13.8. The van der Waals surface area contributed by atoms with E-state index in [-0.39, 0.29) is 24.1 Å². The van der Waals surface area contributed by atoms with Gasteiger partial charge in [-0.1, -0.05) is 81.4 Å². The molecule has 2 aromatic rings. The van der Waals surface area contributed by atoms with Crippen LogP contribution in [0.15, 0.2) is 60.7 Å². The molecule has 1 unspecified atom stereocenters. The minimum absolute atomic E-state index is 0.0196. The monoisotopic (exact) mass is 566 g/mol. The summed E-state index contributed by atoms with van der Waals surface area (Å²) in [5.41, 5.74) is -1.67. The van der Waals surface area contributed by atoms with Crippen molar-refractivity contribution < 1.29 is 28.3 Å². The van der Waals surface area contributed by atoms with Crippen LogP contribution in [0.25, 0.3) is 0 Å². The van der Waals surface area contributed by atoms with Gasteiger partial charge >= 0.3 is 12.1 Å². The van der Waals surface area contributed by atoms with Crippen LogP contribution in [0.2, 0.25) is 5.04 Å². The van der Waals surface area contributed by atoms with Crippen LogP contribution in [0.4, 0.5) is 4.79 Å². The summed E-state index contributed by atoms with van der Waals surface area (Å²) in [6.07, 6.45) is 0.724. The molecule has 2 atom stereocenters. The molecule has 0 aromatic heterocycles. The number of carbonyl (C=O) groups is 3. The smallest absolute Gasteiger partial charge is 0.411 e. The summed E-state index contributed by atoms with van der Waals surface area (Å²) in [5.74, 6) is -0.805.